The molecule has 1 N–H and O–H groups in total. The van der Waals surface area contributed by atoms with Crippen molar-refractivity contribution in [3.05, 3.63) is 111 Å². The summed E-state index contributed by atoms with van der Waals surface area (Å²) in [5.74, 6) is -0.105. The minimum atomic E-state index is -0.464. The number of hydrazone groups is 1. The van der Waals surface area contributed by atoms with E-state index in [1.54, 1.807) is 4.90 Å². The Bertz CT molecular complexity index is 1250. The van der Waals surface area contributed by atoms with E-state index in [-0.39, 0.29) is 17.8 Å². The van der Waals surface area contributed by atoms with Crippen molar-refractivity contribution in [1.82, 2.24) is 15.2 Å². The van der Waals surface area contributed by atoms with E-state index in [4.69, 9.17) is 5.10 Å². The van der Waals surface area contributed by atoms with Crippen LogP contribution >= 0.6 is 0 Å². The van der Waals surface area contributed by atoms with Gasteiger partial charge in [0.15, 0.2) is 0 Å². The van der Waals surface area contributed by atoms with E-state index in [2.05, 4.69) is 53.6 Å². The highest BCUT2D eigenvalue weighted by atomic mass is 16.6. The lowest BCUT2D eigenvalue weighted by Crippen LogP contribution is -2.52. The Morgan fingerprint density at radius 2 is 1.65 bits per heavy atom. The van der Waals surface area contributed by atoms with Gasteiger partial charge in [0.05, 0.1) is 10.6 Å². The lowest BCUT2D eigenvalue weighted by molar-refractivity contribution is -0.384. The Labute approximate surface area is 197 Å². The van der Waals surface area contributed by atoms with E-state index in [1.165, 1.54) is 35.4 Å². The number of hydrogen-bond acceptors (Lipinski definition) is 6. The number of amides is 1. The molecule has 0 radical (unpaired) electrons. The molecule has 2 heterocycles. The topological polar surface area (TPSA) is 91.1 Å². The molecule has 2 aliphatic heterocycles. The molecule has 1 fully saturated rings. The molecule has 1 atom stereocenters. The zero-order chi connectivity index (χ0) is 23.7. The summed E-state index contributed by atoms with van der Waals surface area (Å²) in [6, 6.07) is 22.5. The quantitative estimate of drug-likeness (QED) is 0.478. The number of piperazine rings is 1. The first kappa shape index (κ1) is 21.8. The predicted octanol–water partition coefficient (Wildman–Crippen LogP) is 3.72. The molecule has 172 valence electrons. The third-order valence-corrected chi connectivity index (χ3v) is 6.43. The smallest absolute Gasteiger partial charge is 0.269 e. The molecule has 1 saturated heterocycles. The second kappa shape index (κ2) is 9.07. The summed E-state index contributed by atoms with van der Waals surface area (Å²) in [5, 5.41) is 15.6. The van der Waals surface area contributed by atoms with Gasteiger partial charge in [-0.25, -0.2) is 0 Å². The first-order valence-electron chi connectivity index (χ1n) is 11.3. The number of fused-ring (bicyclic) bond motifs is 1. The lowest BCUT2D eigenvalue weighted by atomic mass is 9.94. The van der Waals surface area contributed by atoms with E-state index in [1.807, 2.05) is 12.1 Å². The molecule has 8 heteroatoms. The highest BCUT2D eigenvalue weighted by Gasteiger charge is 2.31. The van der Waals surface area contributed by atoms with Gasteiger partial charge in [0.2, 0.25) is 0 Å². The monoisotopic (exact) mass is 455 g/mol. The highest BCUT2D eigenvalue weighted by molar-refractivity contribution is 6.14. The van der Waals surface area contributed by atoms with E-state index in [0.717, 1.165) is 16.8 Å². The molecule has 0 saturated carbocycles. The van der Waals surface area contributed by atoms with Gasteiger partial charge < -0.3 is 4.90 Å². The van der Waals surface area contributed by atoms with Gasteiger partial charge in [-0.05, 0) is 24.6 Å². The van der Waals surface area contributed by atoms with Gasteiger partial charge >= 0.3 is 0 Å². The van der Waals surface area contributed by atoms with Gasteiger partial charge in [-0.15, -0.1) is 0 Å². The van der Waals surface area contributed by atoms with Crippen LogP contribution in [0.5, 0.6) is 0 Å². The van der Waals surface area contributed by atoms with E-state index in [0.29, 0.717) is 31.7 Å². The van der Waals surface area contributed by atoms with E-state index >= 15 is 0 Å². The second-order valence-corrected chi connectivity index (χ2v) is 8.58. The van der Waals surface area contributed by atoms with Crippen LogP contribution < -0.4 is 5.43 Å². The van der Waals surface area contributed by atoms with Crippen molar-refractivity contribution in [2.75, 3.05) is 26.2 Å². The molecule has 34 heavy (non-hydrogen) atoms. The standard InChI is InChI=1S/C26H25N5O3/c1-18-6-8-19(9-7-18)24-22-4-2-3-5-23(22)25(28-27-24)29-14-16-30(17-15-29)26(32)20-10-12-21(13-11-20)31(33)34/h2-13,25,28H,14-17H2,1H3. The molecule has 2 aliphatic rings. The molecule has 5 rings (SSSR count). The number of aryl methyl sites for hydroxylation is 1. The Kier molecular flexibility index (Phi) is 5.81. The minimum Gasteiger partial charge on any atom is -0.336 e. The number of nitro benzene ring substituents is 1. The van der Waals surface area contributed by atoms with Crippen LogP contribution in [0.3, 0.4) is 0 Å². The Morgan fingerprint density at radius 1 is 0.971 bits per heavy atom. The van der Waals surface area contributed by atoms with Crippen molar-refractivity contribution in [2.45, 2.75) is 13.1 Å². The summed E-state index contributed by atoms with van der Waals surface area (Å²) >= 11 is 0. The van der Waals surface area contributed by atoms with Crippen molar-refractivity contribution in [3.8, 4) is 0 Å². The van der Waals surface area contributed by atoms with Crippen LogP contribution in [0.1, 0.15) is 38.8 Å². The minimum absolute atomic E-state index is 0.0195. The predicted molar refractivity (Wildman–Crippen MR) is 130 cm³/mol. The Hall–Kier alpha value is -4.04. The number of nitrogens with one attached hydrogen (secondary N) is 1. The molecule has 0 aliphatic carbocycles. The summed E-state index contributed by atoms with van der Waals surface area (Å²) in [6.07, 6.45) is -0.0676. The van der Waals surface area contributed by atoms with Crippen molar-refractivity contribution in [3.63, 3.8) is 0 Å². The molecule has 3 aromatic rings. The van der Waals surface area contributed by atoms with Crippen LogP contribution in [-0.4, -0.2) is 52.5 Å². The molecule has 8 nitrogen and oxygen atoms in total. The highest BCUT2D eigenvalue weighted by Crippen LogP contribution is 2.29. The largest absolute Gasteiger partial charge is 0.336 e. The Morgan fingerprint density at radius 3 is 2.32 bits per heavy atom. The number of non-ortho nitro benzene ring substituents is 1. The lowest BCUT2D eigenvalue weighted by Gasteiger charge is -2.41. The van der Waals surface area contributed by atoms with Crippen molar-refractivity contribution in [2.24, 2.45) is 5.10 Å². The van der Waals surface area contributed by atoms with Crippen LogP contribution in [0, 0.1) is 17.0 Å². The summed E-state index contributed by atoms with van der Waals surface area (Å²) < 4.78 is 0. The molecule has 3 aromatic carbocycles. The SMILES string of the molecule is Cc1ccc(C2=NNC(N3CCN(C(=O)c4ccc([N+](=O)[O-])cc4)CC3)c3ccccc32)cc1. The third kappa shape index (κ3) is 4.15. The first-order chi connectivity index (χ1) is 16.5. The second-order valence-electron chi connectivity index (χ2n) is 8.58. The number of rotatable bonds is 4. The molecule has 1 unspecified atom stereocenters. The number of hydrogen-bond donors (Lipinski definition) is 1. The average molecular weight is 456 g/mol. The number of carbonyl (C=O) groups is 1. The van der Waals surface area contributed by atoms with Gasteiger partial charge in [0.1, 0.15) is 6.17 Å². The number of nitro groups is 1. The van der Waals surface area contributed by atoms with Gasteiger partial charge in [-0.1, -0.05) is 54.1 Å². The summed E-state index contributed by atoms with van der Waals surface area (Å²) in [6.45, 7) is 4.61. The van der Waals surface area contributed by atoms with Gasteiger partial charge in [-0.3, -0.25) is 25.2 Å². The summed E-state index contributed by atoms with van der Waals surface area (Å²) in [5.41, 5.74) is 9.28. The molecule has 1 amide bonds. The van der Waals surface area contributed by atoms with Gasteiger partial charge in [-0.2, -0.15) is 5.10 Å². The summed E-state index contributed by atoms with van der Waals surface area (Å²) in [4.78, 5) is 27.4. The van der Waals surface area contributed by atoms with Crippen LogP contribution in [-0.2, 0) is 0 Å². The molecule has 0 spiro atoms. The van der Waals surface area contributed by atoms with Crippen LogP contribution in [0.2, 0.25) is 0 Å². The number of nitrogens with zero attached hydrogens (tertiary/aromatic N) is 4. The third-order valence-electron chi connectivity index (χ3n) is 6.43. The fourth-order valence-corrected chi connectivity index (χ4v) is 4.51. The average Bonchev–Trinajstić information content (AvgIpc) is 2.88. The fraction of sp³-hybridized carbons (Fsp3) is 0.231. The zero-order valence-corrected chi connectivity index (χ0v) is 18.8. The normalized spacial score (nSPS) is 18.0. The van der Waals surface area contributed by atoms with Gasteiger partial charge in [0, 0.05) is 55.0 Å². The van der Waals surface area contributed by atoms with Crippen LogP contribution in [0.15, 0.2) is 77.9 Å². The maximum absolute atomic E-state index is 12.9. The van der Waals surface area contributed by atoms with E-state index in [9.17, 15) is 14.9 Å². The van der Waals surface area contributed by atoms with Gasteiger partial charge in [0.25, 0.3) is 11.6 Å². The first-order valence-corrected chi connectivity index (χ1v) is 11.3. The van der Waals surface area contributed by atoms with Crippen LogP contribution in [0.25, 0.3) is 0 Å². The maximum Gasteiger partial charge on any atom is 0.269 e. The molecule has 0 bridgehead atoms. The molecular formula is C26H25N5O3. The van der Waals surface area contributed by atoms with Crippen molar-refractivity contribution in [1.29, 1.82) is 0 Å². The number of benzene rings is 3. The van der Waals surface area contributed by atoms with Crippen molar-refractivity contribution < 1.29 is 9.72 Å². The molecule has 0 aromatic heterocycles. The van der Waals surface area contributed by atoms with Crippen molar-refractivity contribution >= 4 is 17.3 Å². The number of carbonyl (C=O) groups excluding carboxylic acids is 1. The van der Waals surface area contributed by atoms with E-state index < -0.39 is 4.92 Å². The Balaban J connectivity index is 1.29. The molecular weight excluding hydrogens is 430 g/mol. The maximum atomic E-state index is 12.9. The summed E-state index contributed by atoms with van der Waals surface area (Å²) in [7, 11) is 0. The fourth-order valence-electron chi connectivity index (χ4n) is 4.51. The van der Waals surface area contributed by atoms with Crippen LogP contribution in [0.4, 0.5) is 5.69 Å². The zero-order valence-electron chi connectivity index (χ0n) is 18.8.